The van der Waals surface area contributed by atoms with Gasteiger partial charge in [0.25, 0.3) is 0 Å². The molecular formula is C16H12NO2W-. The summed E-state index contributed by atoms with van der Waals surface area (Å²) in [4.78, 5) is 12.1. The van der Waals surface area contributed by atoms with Gasteiger partial charge in [-0.15, -0.1) is 12.1 Å². The fraction of sp³-hybridized carbons (Fsp3) is 0.0625. The van der Waals surface area contributed by atoms with Gasteiger partial charge in [0.1, 0.15) is 0 Å². The minimum Gasteiger partial charge on any atom is -0.495 e. The van der Waals surface area contributed by atoms with Gasteiger partial charge in [0.15, 0.2) is 0 Å². The molecule has 3 rings (SSSR count). The third kappa shape index (κ3) is 2.68. The quantitative estimate of drug-likeness (QED) is 0.630. The fourth-order valence-corrected chi connectivity index (χ4v) is 1.98. The van der Waals surface area contributed by atoms with Crippen LogP contribution in [0.4, 0.5) is 5.69 Å². The van der Waals surface area contributed by atoms with E-state index in [-0.39, 0.29) is 26.5 Å². The van der Waals surface area contributed by atoms with Gasteiger partial charge in [0, 0.05) is 39.6 Å². The van der Waals surface area contributed by atoms with Crippen molar-refractivity contribution in [1.82, 2.24) is 0 Å². The van der Waals surface area contributed by atoms with E-state index in [1.54, 1.807) is 12.1 Å². The molecule has 3 nitrogen and oxygen atoms in total. The minimum atomic E-state index is -0.155. The Balaban J connectivity index is 0.00000147. The molecule has 0 aliphatic rings. The number of benzene rings is 2. The van der Waals surface area contributed by atoms with Crippen molar-refractivity contribution in [2.45, 2.75) is 0 Å². The average molecular weight is 434 g/mol. The van der Waals surface area contributed by atoms with Crippen LogP contribution in [0.3, 0.4) is 0 Å². The Morgan fingerprint density at radius 2 is 1.85 bits per heavy atom. The van der Waals surface area contributed by atoms with E-state index in [9.17, 15) is 4.79 Å². The Hall–Kier alpha value is -1.86. The van der Waals surface area contributed by atoms with Gasteiger partial charge in [0.05, 0.1) is 11.0 Å². The maximum Gasteiger partial charge on any atom is 0.0825 e. The second-order valence-electron chi connectivity index (χ2n) is 4.21. The molecule has 1 heterocycles. The molecule has 0 aliphatic heterocycles. The number of nitrogens with one attached hydrogen (secondary N) is 1. The monoisotopic (exact) mass is 434 g/mol. The van der Waals surface area contributed by atoms with Gasteiger partial charge >= 0.3 is 0 Å². The summed E-state index contributed by atoms with van der Waals surface area (Å²) < 4.78 is 5.74. The Kier molecular flexibility index (Phi) is 4.41. The SMILES string of the molecule is CNc1ccc2oc(-c3ccccc3)[c-]c(=O)c2c1.[W]. The predicted molar refractivity (Wildman–Crippen MR) is 76.3 cm³/mol. The first-order valence-electron chi connectivity index (χ1n) is 6.01. The van der Waals surface area contributed by atoms with Crippen molar-refractivity contribution in [3.63, 3.8) is 0 Å². The summed E-state index contributed by atoms with van der Waals surface area (Å²) >= 11 is 0. The van der Waals surface area contributed by atoms with Gasteiger partial charge in [-0.25, -0.2) is 0 Å². The van der Waals surface area contributed by atoms with Gasteiger partial charge < -0.3 is 14.5 Å². The van der Waals surface area contributed by atoms with Gasteiger partial charge in [-0.2, -0.15) is 0 Å². The standard InChI is InChI=1S/C16H12NO2.W/c1-17-12-7-8-15-13(9-12)14(18)10-16(19-15)11-5-3-2-4-6-11;/h2-9,17H,1H3;/q-1;. The summed E-state index contributed by atoms with van der Waals surface area (Å²) in [5.41, 5.74) is 2.14. The summed E-state index contributed by atoms with van der Waals surface area (Å²) in [5.74, 6) is 0.468. The zero-order chi connectivity index (χ0) is 13.2. The van der Waals surface area contributed by atoms with Crippen molar-refractivity contribution in [2.75, 3.05) is 12.4 Å². The maximum absolute atomic E-state index is 12.1. The molecule has 20 heavy (non-hydrogen) atoms. The Labute approximate surface area is 130 Å². The van der Waals surface area contributed by atoms with Gasteiger partial charge in [-0.1, -0.05) is 35.9 Å². The van der Waals surface area contributed by atoms with Crippen LogP contribution < -0.4 is 10.7 Å². The van der Waals surface area contributed by atoms with E-state index < -0.39 is 0 Å². The molecule has 4 heteroatoms. The van der Waals surface area contributed by atoms with Crippen LogP contribution in [0.1, 0.15) is 0 Å². The molecule has 100 valence electrons. The smallest absolute Gasteiger partial charge is 0.0825 e. The fourth-order valence-electron chi connectivity index (χ4n) is 1.98. The van der Waals surface area contributed by atoms with Crippen LogP contribution in [0.15, 0.2) is 57.7 Å². The van der Waals surface area contributed by atoms with Crippen molar-refractivity contribution in [1.29, 1.82) is 0 Å². The van der Waals surface area contributed by atoms with Crippen molar-refractivity contribution in [3.05, 3.63) is 64.8 Å². The molecule has 0 saturated carbocycles. The second kappa shape index (κ2) is 6.06. The molecule has 0 atom stereocenters. The summed E-state index contributed by atoms with van der Waals surface area (Å²) in [7, 11) is 1.81. The molecule has 1 N–H and O–H groups in total. The van der Waals surface area contributed by atoms with E-state index in [0.717, 1.165) is 11.3 Å². The molecular weight excluding hydrogens is 422 g/mol. The molecule has 0 radical (unpaired) electrons. The number of anilines is 1. The number of hydrogen-bond acceptors (Lipinski definition) is 3. The first-order valence-corrected chi connectivity index (χ1v) is 6.01. The average Bonchev–Trinajstić information content (AvgIpc) is 2.48. The van der Waals surface area contributed by atoms with E-state index in [2.05, 4.69) is 11.4 Å². The molecule has 0 aliphatic carbocycles. The van der Waals surface area contributed by atoms with E-state index >= 15 is 0 Å². The number of fused-ring (bicyclic) bond motifs is 1. The van der Waals surface area contributed by atoms with Crippen molar-refractivity contribution in [3.8, 4) is 11.3 Å². The minimum absolute atomic E-state index is 0. The molecule has 0 saturated heterocycles. The summed E-state index contributed by atoms with van der Waals surface area (Å²) in [6, 6.07) is 17.7. The van der Waals surface area contributed by atoms with Crippen LogP contribution in [0.25, 0.3) is 22.3 Å². The van der Waals surface area contributed by atoms with Crippen LogP contribution in [0, 0.1) is 6.07 Å². The third-order valence-corrected chi connectivity index (χ3v) is 2.99. The topological polar surface area (TPSA) is 42.2 Å². The van der Waals surface area contributed by atoms with Crippen LogP contribution >= 0.6 is 0 Å². The normalized spacial score (nSPS) is 10.1. The number of hydrogen-bond donors (Lipinski definition) is 1. The van der Waals surface area contributed by atoms with Gasteiger partial charge in [0.2, 0.25) is 0 Å². The van der Waals surface area contributed by atoms with E-state index in [0.29, 0.717) is 16.7 Å². The molecule has 2 aromatic carbocycles. The van der Waals surface area contributed by atoms with Gasteiger partial charge in [-0.05, 0) is 17.5 Å². The van der Waals surface area contributed by atoms with E-state index in [4.69, 9.17) is 4.42 Å². The van der Waals surface area contributed by atoms with Crippen LogP contribution in [0.5, 0.6) is 0 Å². The Bertz CT molecular complexity index is 781. The summed E-state index contributed by atoms with van der Waals surface area (Å²) in [5, 5.41) is 3.53. The van der Waals surface area contributed by atoms with Gasteiger partial charge in [-0.3, -0.25) is 0 Å². The van der Waals surface area contributed by atoms with Crippen LogP contribution in [0.2, 0.25) is 0 Å². The van der Waals surface area contributed by atoms with Crippen molar-refractivity contribution in [2.24, 2.45) is 0 Å². The molecule has 0 unspecified atom stereocenters. The third-order valence-electron chi connectivity index (χ3n) is 2.99. The molecule has 0 amide bonds. The molecule has 0 bridgehead atoms. The predicted octanol–water partition coefficient (Wildman–Crippen LogP) is 3.30. The molecule has 3 aromatic rings. The van der Waals surface area contributed by atoms with Crippen LogP contribution in [-0.4, -0.2) is 7.05 Å². The zero-order valence-electron chi connectivity index (χ0n) is 10.8. The van der Waals surface area contributed by atoms with Crippen molar-refractivity contribution < 1.29 is 25.5 Å². The first kappa shape index (κ1) is 14.5. The van der Waals surface area contributed by atoms with E-state index in [1.165, 1.54) is 0 Å². The van der Waals surface area contributed by atoms with Crippen molar-refractivity contribution >= 4 is 16.7 Å². The summed E-state index contributed by atoms with van der Waals surface area (Å²) in [6.45, 7) is 0. The first-order chi connectivity index (χ1) is 9.28. The largest absolute Gasteiger partial charge is 0.495 e. The number of rotatable bonds is 2. The molecule has 1 aromatic heterocycles. The maximum atomic E-state index is 12.1. The zero-order valence-corrected chi connectivity index (χ0v) is 13.8. The Morgan fingerprint density at radius 3 is 2.55 bits per heavy atom. The molecule has 0 fully saturated rings. The van der Waals surface area contributed by atoms with Crippen LogP contribution in [-0.2, 0) is 21.1 Å². The summed E-state index contributed by atoms with van der Waals surface area (Å²) in [6.07, 6.45) is 0. The molecule has 0 spiro atoms. The van der Waals surface area contributed by atoms with E-state index in [1.807, 2.05) is 43.4 Å². The Morgan fingerprint density at radius 1 is 1.10 bits per heavy atom. The second-order valence-corrected chi connectivity index (χ2v) is 4.21.